The molecular formula is C21H22O9. The van der Waals surface area contributed by atoms with Crippen molar-refractivity contribution in [3.8, 4) is 17.2 Å². The van der Waals surface area contributed by atoms with Gasteiger partial charge in [0.05, 0.1) is 12.2 Å². The molecule has 160 valence electrons. The molecule has 0 unspecified atom stereocenters. The summed E-state index contributed by atoms with van der Waals surface area (Å²) < 4.78 is 10.8. The third-order valence-corrected chi connectivity index (χ3v) is 4.65. The van der Waals surface area contributed by atoms with E-state index < -0.39 is 43.1 Å². The number of ketones is 1. The fraction of sp³-hybridized carbons (Fsp3) is 0.286. The molecule has 0 aromatic heterocycles. The summed E-state index contributed by atoms with van der Waals surface area (Å²) in [7, 11) is 0. The number of aromatic hydroxyl groups is 2. The maximum Gasteiger partial charge on any atom is 0.229 e. The number of hydrogen-bond acceptors (Lipinski definition) is 9. The van der Waals surface area contributed by atoms with E-state index in [1.54, 1.807) is 24.3 Å². The lowest BCUT2D eigenvalue weighted by Gasteiger charge is -2.39. The molecule has 5 atom stereocenters. The van der Waals surface area contributed by atoms with Crippen molar-refractivity contribution < 1.29 is 44.9 Å². The lowest BCUT2D eigenvalue weighted by atomic mass is 9.99. The van der Waals surface area contributed by atoms with Gasteiger partial charge in [-0.1, -0.05) is 18.2 Å². The maximum absolute atomic E-state index is 12.2. The highest BCUT2D eigenvalue weighted by Crippen LogP contribution is 2.25. The van der Waals surface area contributed by atoms with Crippen molar-refractivity contribution in [2.45, 2.75) is 30.7 Å². The Bertz CT molecular complexity index is 907. The Morgan fingerprint density at radius 2 is 1.70 bits per heavy atom. The van der Waals surface area contributed by atoms with Crippen molar-refractivity contribution in [2.24, 2.45) is 0 Å². The second-order valence-electron chi connectivity index (χ2n) is 6.78. The predicted octanol–water partition coefficient (Wildman–Crippen LogP) is 0.173. The second-order valence-corrected chi connectivity index (χ2v) is 6.78. The largest absolute Gasteiger partial charge is 0.508 e. The Balaban J connectivity index is 1.65. The topological polar surface area (TPSA) is 157 Å². The Kier molecular flexibility index (Phi) is 6.70. The van der Waals surface area contributed by atoms with Crippen LogP contribution in [0.1, 0.15) is 15.9 Å². The van der Waals surface area contributed by atoms with Gasteiger partial charge in [-0.3, -0.25) is 4.79 Å². The number of ether oxygens (including phenoxy) is 2. The number of aliphatic hydroxyl groups is 4. The molecule has 1 aliphatic heterocycles. The third-order valence-electron chi connectivity index (χ3n) is 4.65. The first-order valence-electron chi connectivity index (χ1n) is 9.12. The van der Waals surface area contributed by atoms with Gasteiger partial charge in [0, 0.05) is 6.07 Å². The first-order valence-corrected chi connectivity index (χ1v) is 9.12. The summed E-state index contributed by atoms with van der Waals surface area (Å²) in [6, 6.07) is 10.0. The minimum absolute atomic E-state index is 0.0478. The number of aliphatic hydroxyl groups excluding tert-OH is 4. The number of hydrogen-bond donors (Lipinski definition) is 6. The van der Waals surface area contributed by atoms with Crippen molar-refractivity contribution in [3.05, 3.63) is 59.7 Å². The summed E-state index contributed by atoms with van der Waals surface area (Å²) in [6.07, 6.45) is -4.10. The predicted molar refractivity (Wildman–Crippen MR) is 104 cm³/mol. The van der Waals surface area contributed by atoms with Crippen LogP contribution in [0, 0.1) is 0 Å². The van der Waals surface area contributed by atoms with Crippen molar-refractivity contribution in [3.63, 3.8) is 0 Å². The van der Waals surface area contributed by atoms with Crippen LogP contribution >= 0.6 is 0 Å². The maximum atomic E-state index is 12.2. The van der Waals surface area contributed by atoms with E-state index in [2.05, 4.69) is 0 Å². The molecule has 0 radical (unpaired) electrons. The van der Waals surface area contributed by atoms with Crippen LogP contribution < -0.4 is 4.74 Å². The summed E-state index contributed by atoms with van der Waals surface area (Å²) in [5.74, 6) is -0.635. The fourth-order valence-corrected chi connectivity index (χ4v) is 2.95. The van der Waals surface area contributed by atoms with Gasteiger partial charge in [-0.05, 0) is 35.9 Å². The van der Waals surface area contributed by atoms with Crippen LogP contribution in [0.25, 0.3) is 6.08 Å². The van der Waals surface area contributed by atoms with Gasteiger partial charge in [0.2, 0.25) is 6.29 Å². The van der Waals surface area contributed by atoms with Crippen molar-refractivity contribution in [2.75, 3.05) is 6.61 Å². The van der Waals surface area contributed by atoms with Gasteiger partial charge in [0.1, 0.15) is 41.7 Å². The highest BCUT2D eigenvalue weighted by Gasteiger charge is 2.44. The Morgan fingerprint density at radius 1 is 1.00 bits per heavy atom. The molecule has 0 bridgehead atoms. The van der Waals surface area contributed by atoms with Crippen molar-refractivity contribution >= 4 is 11.9 Å². The van der Waals surface area contributed by atoms with Crippen LogP contribution in [0.15, 0.2) is 48.5 Å². The number of phenols is 2. The Morgan fingerprint density at radius 3 is 2.33 bits per heavy atom. The van der Waals surface area contributed by atoms with Crippen molar-refractivity contribution in [1.29, 1.82) is 0 Å². The summed E-state index contributed by atoms with van der Waals surface area (Å²) >= 11 is 0. The van der Waals surface area contributed by atoms with Crippen LogP contribution in [0.4, 0.5) is 0 Å². The van der Waals surface area contributed by atoms with Gasteiger partial charge in [-0.2, -0.15) is 0 Å². The molecule has 1 fully saturated rings. The molecule has 1 saturated heterocycles. The average molecular weight is 418 g/mol. The third kappa shape index (κ3) is 4.78. The molecule has 0 aliphatic carbocycles. The molecule has 2 aromatic carbocycles. The van der Waals surface area contributed by atoms with Gasteiger partial charge in [0.15, 0.2) is 5.78 Å². The van der Waals surface area contributed by atoms with Gasteiger partial charge >= 0.3 is 0 Å². The molecular weight excluding hydrogens is 396 g/mol. The zero-order valence-electron chi connectivity index (χ0n) is 15.7. The van der Waals surface area contributed by atoms with E-state index in [1.807, 2.05) is 0 Å². The van der Waals surface area contributed by atoms with E-state index in [1.165, 1.54) is 24.3 Å². The number of phenolic OH excluding ortho intramolecular Hbond substituents is 2. The first-order chi connectivity index (χ1) is 14.3. The molecule has 2 aromatic rings. The normalized spacial score (nSPS) is 26.6. The fourth-order valence-electron chi connectivity index (χ4n) is 2.95. The molecule has 0 amide bonds. The monoisotopic (exact) mass is 418 g/mol. The average Bonchev–Trinajstić information content (AvgIpc) is 2.73. The van der Waals surface area contributed by atoms with Crippen LogP contribution in [0.5, 0.6) is 17.2 Å². The first kappa shape index (κ1) is 21.8. The molecule has 1 aliphatic rings. The number of rotatable bonds is 6. The van der Waals surface area contributed by atoms with Gasteiger partial charge < -0.3 is 40.1 Å². The highest BCUT2D eigenvalue weighted by molar-refractivity contribution is 6.08. The zero-order valence-corrected chi connectivity index (χ0v) is 15.7. The summed E-state index contributed by atoms with van der Waals surface area (Å²) in [5.41, 5.74) is 0.689. The van der Waals surface area contributed by atoms with Gasteiger partial charge in [-0.25, -0.2) is 0 Å². The standard InChI is InChI=1S/C21H22O9/c22-10-17-18(26)19(27)20(28)21(30-17)29-13-5-1-11(2-6-13)3-8-15(24)14-7-4-12(23)9-16(14)25/h1-9,17-23,25-28H,10H2/t17-,18-,19+,20-,21+/m1/s1. The smallest absolute Gasteiger partial charge is 0.229 e. The quantitative estimate of drug-likeness (QED) is 0.284. The van der Waals surface area contributed by atoms with Gasteiger partial charge in [0.25, 0.3) is 0 Å². The number of carbonyl (C=O) groups is 1. The van der Waals surface area contributed by atoms with E-state index in [-0.39, 0.29) is 17.1 Å². The van der Waals surface area contributed by atoms with E-state index in [0.29, 0.717) is 11.3 Å². The molecule has 0 saturated carbocycles. The summed E-state index contributed by atoms with van der Waals surface area (Å²) in [5, 5.41) is 57.8. The molecule has 1 heterocycles. The Labute approximate surface area is 171 Å². The molecule has 3 rings (SSSR count). The Hall–Kier alpha value is -2.95. The minimum atomic E-state index is -1.54. The molecule has 6 N–H and O–H groups in total. The summed E-state index contributed by atoms with van der Waals surface area (Å²) in [6.45, 7) is -0.556. The molecule has 9 heteroatoms. The number of benzene rings is 2. The minimum Gasteiger partial charge on any atom is -0.508 e. The van der Waals surface area contributed by atoms with E-state index in [9.17, 15) is 35.4 Å². The highest BCUT2D eigenvalue weighted by atomic mass is 16.7. The van der Waals surface area contributed by atoms with Crippen LogP contribution in [-0.2, 0) is 4.74 Å². The number of carbonyl (C=O) groups excluding carboxylic acids is 1. The van der Waals surface area contributed by atoms with Crippen LogP contribution in [0.3, 0.4) is 0 Å². The van der Waals surface area contributed by atoms with Gasteiger partial charge in [-0.15, -0.1) is 0 Å². The van der Waals surface area contributed by atoms with Crippen molar-refractivity contribution in [1.82, 2.24) is 0 Å². The lowest BCUT2D eigenvalue weighted by Crippen LogP contribution is -2.60. The SMILES string of the molecule is O=C(C=Cc1ccc(O[C@H]2O[C@H](CO)[C@@H](O)[C@H](O)[C@H]2O)cc1)c1ccc(O)cc1O. The second kappa shape index (κ2) is 9.24. The molecule has 30 heavy (non-hydrogen) atoms. The number of allylic oxidation sites excluding steroid dienone is 1. The molecule has 9 nitrogen and oxygen atoms in total. The summed E-state index contributed by atoms with van der Waals surface area (Å²) in [4.78, 5) is 12.2. The lowest BCUT2D eigenvalue weighted by molar-refractivity contribution is -0.277. The molecule has 0 spiro atoms. The van der Waals surface area contributed by atoms with E-state index in [4.69, 9.17) is 9.47 Å². The zero-order chi connectivity index (χ0) is 21.8. The van der Waals surface area contributed by atoms with E-state index >= 15 is 0 Å². The van der Waals surface area contributed by atoms with E-state index in [0.717, 1.165) is 6.07 Å². The van der Waals surface area contributed by atoms with Crippen LogP contribution in [0.2, 0.25) is 0 Å². The van der Waals surface area contributed by atoms with Crippen LogP contribution in [-0.4, -0.2) is 73.7 Å².